The van der Waals surface area contributed by atoms with Crippen LogP contribution >= 0.6 is 0 Å². The van der Waals surface area contributed by atoms with E-state index in [0.29, 0.717) is 5.92 Å². The Hall–Kier alpha value is -1.84. The first-order valence-electron chi connectivity index (χ1n) is 9.55. The first-order chi connectivity index (χ1) is 12.1. The fourth-order valence-electron chi connectivity index (χ4n) is 3.26. The predicted octanol–water partition coefficient (Wildman–Crippen LogP) is 4.79. The van der Waals surface area contributed by atoms with E-state index in [1.165, 1.54) is 24.0 Å². The zero-order valence-corrected chi connectivity index (χ0v) is 16.9. The van der Waals surface area contributed by atoms with Crippen molar-refractivity contribution in [3.05, 3.63) is 35.4 Å². The van der Waals surface area contributed by atoms with Gasteiger partial charge in [-0.1, -0.05) is 36.8 Å². The van der Waals surface area contributed by atoms with E-state index in [1.54, 1.807) is 6.92 Å². The van der Waals surface area contributed by atoms with Gasteiger partial charge in [-0.3, -0.25) is 9.59 Å². The summed E-state index contributed by atoms with van der Waals surface area (Å²) in [5.41, 5.74) is 1.90. The Bertz CT molecular complexity index is 623. The molecule has 0 heterocycles. The Morgan fingerprint density at radius 2 is 1.69 bits per heavy atom. The summed E-state index contributed by atoms with van der Waals surface area (Å²) in [6.45, 7) is 11.2. The van der Waals surface area contributed by atoms with Crippen molar-refractivity contribution in [1.82, 2.24) is 0 Å². The van der Waals surface area contributed by atoms with Crippen LogP contribution in [0.25, 0.3) is 0 Å². The predicted molar refractivity (Wildman–Crippen MR) is 102 cm³/mol. The molecule has 0 unspecified atom stereocenters. The molecule has 4 heteroatoms. The van der Waals surface area contributed by atoms with Gasteiger partial charge in [0.2, 0.25) is 0 Å². The molecule has 1 aliphatic carbocycles. The fraction of sp³-hybridized carbons (Fsp3) is 0.636. The van der Waals surface area contributed by atoms with Crippen LogP contribution in [0.2, 0.25) is 0 Å². The van der Waals surface area contributed by atoms with E-state index in [0.717, 1.165) is 0 Å². The highest BCUT2D eigenvalue weighted by Gasteiger charge is 2.38. The molecule has 4 nitrogen and oxygen atoms in total. The molecule has 1 saturated carbocycles. The SMILES string of the molecule is Cc1ccc([C@H](C2CC2)[C@H](C)OC(=O)[C@H](C)CC(=O)OC(C)(C)C)cc1. The minimum absolute atomic E-state index is 0.0431. The third-order valence-corrected chi connectivity index (χ3v) is 4.70. The highest BCUT2D eigenvalue weighted by Crippen LogP contribution is 2.45. The van der Waals surface area contributed by atoms with Crippen LogP contribution in [0.1, 0.15) is 70.9 Å². The molecule has 0 bridgehead atoms. The number of ether oxygens (including phenoxy) is 2. The van der Waals surface area contributed by atoms with Gasteiger partial charge in [-0.05, 0) is 58.9 Å². The summed E-state index contributed by atoms with van der Waals surface area (Å²) in [4.78, 5) is 24.4. The summed E-state index contributed by atoms with van der Waals surface area (Å²) in [5.74, 6) is -0.423. The maximum atomic E-state index is 12.5. The molecular weight excluding hydrogens is 328 g/mol. The van der Waals surface area contributed by atoms with Crippen LogP contribution in [-0.4, -0.2) is 23.6 Å². The van der Waals surface area contributed by atoms with Crippen molar-refractivity contribution in [3.8, 4) is 0 Å². The fourth-order valence-corrected chi connectivity index (χ4v) is 3.26. The lowest BCUT2D eigenvalue weighted by Crippen LogP contribution is -2.30. The maximum absolute atomic E-state index is 12.5. The monoisotopic (exact) mass is 360 g/mol. The minimum Gasteiger partial charge on any atom is -0.462 e. The van der Waals surface area contributed by atoms with Crippen LogP contribution in [0.15, 0.2) is 24.3 Å². The van der Waals surface area contributed by atoms with Gasteiger partial charge in [-0.2, -0.15) is 0 Å². The van der Waals surface area contributed by atoms with Gasteiger partial charge in [0.1, 0.15) is 11.7 Å². The van der Waals surface area contributed by atoms with E-state index >= 15 is 0 Å². The number of carbonyl (C=O) groups excluding carboxylic acids is 2. The first-order valence-corrected chi connectivity index (χ1v) is 9.55. The second kappa shape index (κ2) is 8.24. The smallest absolute Gasteiger partial charge is 0.309 e. The summed E-state index contributed by atoms with van der Waals surface area (Å²) in [7, 11) is 0. The van der Waals surface area contributed by atoms with E-state index in [9.17, 15) is 9.59 Å². The first kappa shape index (κ1) is 20.5. The molecule has 0 saturated heterocycles. The second-order valence-corrected chi connectivity index (χ2v) is 8.61. The van der Waals surface area contributed by atoms with Crippen molar-refractivity contribution in [2.75, 3.05) is 0 Å². The largest absolute Gasteiger partial charge is 0.462 e. The minimum atomic E-state index is -0.545. The summed E-state index contributed by atoms with van der Waals surface area (Å²) in [6.07, 6.45) is 2.18. The highest BCUT2D eigenvalue weighted by molar-refractivity contribution is 5.80. The molecule has 3 atom stereocenters. The van der Waals surface area contributed by atoms with Crippen molar-refractivity contribution in [1.29, 1.82) is 0 Å². The molecular formula is C22H32O4. The normalized spacial score (nSPS) is 17.9. The Morgan fingerprint density at radius 3 is 2.19 bits per heavy atom. The lowest BCUT2D eigenvalue weighted by Gasteiger charge is -2.26. The number of benzene rings is 1. The number of carbonyl (C=O) groups is 2. The molecule has 26 heavy (non-hydrogen) atoms. The van der Waals surface area contributed by atoms with Gasteiger partial charge in [-0.15, -0.1) is 0 Å². The van der Waals surface area contributed by atoms with Crippen molar-refractivity contribution in [3.63, 3.8) is 0 Å². The van der Waals surface area contributed by atoms with Crippen LogP contribution in [-0.2, 0) is 19.1 Å². The molecule has 2 rings (SSSR count). The van der Waals surface area contributed by atoms with Gasteiger partial charge < -0.3 is 9.47 Å². The maximum Gasteiger partial charge on any atom is 0.309 e. The van der Waals surface area contributed by atoms with Crippen LogP contribution in [0.3, 0.4) is 0 Å². The molecule has 0 radical (unpaired) electrons. The zero-order valence-electron chi connectivity index (χ0n) is 16.9. The lowest BCUT2D eigenvalue weighted by molar-refractivity contribution is -0.163. The van der Waals surface area contributed by atoms with Gasteiger partial charge in [0, 0.05) is 5.92 Å². The summed E-state index contributed by atoms with van der Waals surface area (Å²) in [5, 5.41) is 0. The van der Waals surface area contributed by atoms with Crippen LogP contribution in [0.4, 0.5) is 0 Å². The van der Waals surface area contributed by atoms with Crippen LogP contribution < -0.4 is 0 Å². The van der Waals surface area contributed by atoms with Crippen molar-refractivity contribution < 1.29 is 19.1 Å². The summed E-state index contributed by atoms with van der Waals surface area (Å²) < 4.78 is 11.0. The molecule has 1 aromatic rings. The number of rotatable bonds is 7. The molecule has 1 fully saturated rings. The van der Waals surface area contributed by atoms with Gasteiger partial charge in [0.25, 0.3) is 0 Å². The molecule has 1 aliphatic rings. The lowest BCUT2D eigenvalue weighted by atomic mass is 9.89. The van der Waals surface area contributed by atoms with Crippen molar-refractivity contribution >= 4 is 11.9 Å². The molecule has 0 amide bonds. The number of hydrogen-bond acceptors (Lipinski definition) is 4. The van der Waals surface area contributed by atoms with Crippen molar-refractivity contribution in [2.45, 2.75) is 78.4 Å². The molecule has 0 spiro atoms. The van der Waals surface area contributed by atoms with Gasteiger partial charge in [0.15, 0.2) is 0 Å². The number of esters is 2. The van der Waals surface area contributed by atoms with Gasteiger partial charge in [-0.25, -0.2) is 0 Å². The molecule has 0 N–H and O–H groups in total. The van der Waals surface area contributed by atoms with E-state index in [-0.39, 0.29) is 30.4 Å². The van der Waals surface area contributed by atoms with E-state index < -0.39 is 11.5 Å². The van der Waals surface area contributed by atoms with Crippen LogP contribution in [0.5, 0.6) is 0 Å². The quantitative estimate of drug-likeness (QED) is 0.656. The van der Waals surface area contributed by atoms with E-state index in [4.69, 9.17) is 9.47 Å². The third-order valence-electron chi connectivity index (χ3n) is 4.70. The standard InChI is InChI=1S/C22H32O4/c1-14-7-9-17(10-8-14)20(18-11-12-18)16(3)25-21(24)15(2)13-19(23)26-22(4,5)6/h7-10,15-16,18,20H,11-13H2,1-6H3/t15-,16+,20-/m1/s1. The van der Waals surface area contributed by atoms with E-state index in [2.05, 4.69) is 31.2 Å². The highest BCUT2D eigenvalue weighted by atomic mass is 16.6. The zero-order chi connectivity index (χ0) is 19.5. The molecule has 0 aromatic heterocycles. The molecule has 0 aliphatic heterocycles. The topological polar surface area (TPSA) is 52.6 Å². The van der Waals surface area contributed by atoms with Gasteiger partial charge in [0.05, 0.1) is 12.3 Å². The second-order valence-electron chi connectivity index (χ2n) is 8.61. The van der Waals surface area contributed by atoms with Crippen molar-refractivity contribution in [2.24, 2.45) is 11.8 Å². The Morgan fingerprint density at radius 1 is 1.12 bits per heavy atom. The average Bonchev–Trinajstić information content (AvgIpc) is 3.32. The van der Waals surface area contributed by atoms with Crippen LogP contribution in [0, 0.1) is 18.8 Å². The molecule has 1 aromatic carbocycles. The summed E-state index contributed by atoms with van der Waals surface area (Å²) >= 11 is 0. The van der Waals surface area contributed by atoms with Gasteiger partial charge >= 0.3 is 11.9 Å². The number of hydrogen-bond donors (Lipinski definition) is 0. The Balaban J connectivity index is 1.95. The average molecular weight is 360 g/mol. The Kier molecular flexibility index (Phi) is 6.48. The summed E-state index contributed by atoms with van der Waals surface area (Å²) in [6, 6.07) is 8.47. The Labute approximate surface area is 157 Å². The molecule has 144 valence electrons. The van der Waals surface area contributed by atoms with E-state index in [1.807, 2.05) is 27.7 Å². The number of aryl methyl sites for hydroxylation is 1. The third kappa shape index (κ3) is 6.15.